The molecule has 0 bridgehead atoms. The monoisotopic (exact) mass is 342 g/mol. The molecule has 1 aromatic carbocycles. The number of urea groups is 1. The van der Waals surface area contributed by atoms with E-state index in [2.05, 4.69) is 10.3 Å². The van der Waals surface area contributed by atoms with Gasteiger partial charge in [-0.05, 0) is 25.5 Å². The van der Waals surface area contributed by atoms with E-state index >= 15 is 0 Å². The molecule has 0 saturated carbocycles. The van der Waals surface area contributed by atoms with Gasteiger partial charge >= 0.3 is 6.03 Å². The Hall–Kier alpha value is -2.83. The van der Waals surface area contributed by atoms with Gasteiger partial charge in [-0.15, -0.1) is 0 Å². The number of hydrogen-bond acceptors (Lipinski definition) is 3. The Morgan fingerprint density at radius 3 is 2.64 bits per heavy atom. The van der Waals surface area contributed by atoms with Gasteiger partial charge < -0.3 is 15.2 Å². The maximum Gasteiger partial charge on any atom is 0.325 e. The molecule has 0 radical (unpaired) electrons. The first-order chi connectivity index (χ1) is 12.0. The van der Waals surface area contributed by atoms with Crippen molar-refractivity contribution in [2.45, 2.75) is 26.3 Å². The maximum absolute atomic E-state index is 12.6. The molecule has 2 N–H and O–H groups in total. The van der Waals surface area contributed by atoms with Gasteiger partial charge in [0.1, 0.15) is 12.6 Å². The Morgan fingerprint density at radius 2 is 1.92 bits per heavy atom. The van der Waals surface area contributed by atoms with Crippen molar-refractivity contribution in [3.63, 3.8) is 0 Å². The SMILES string of the molecule is CCN(CC)C(=O)CN1C(=O)N[C@H](Cc2c[nH]c3ccccc23)C1=O. The van der Waals surface area contributed by atoms with Crippen LogP contribution in [0, 0.1) is 0 Å². The van der Waals surface area contributed by atoms with Crippen molar-refractivity contribution in [1.29, 1.82) is 0 Å². The van der Waals surface area contributed by atoms with Crippen LogP contribution in [-0.4, -0.2) is 58.3 Å². The van der Waals surface area contributed by atoms with Crippen LogP contribution in [0.15, 0.2) is 30.5 Å². The smallest absolute Gasteiger partial charge is 0.325 e. The lowest BCUT2D eigenvalue weighted by molar-refractivity contribution is -0.137. The van der Waals surface area contributed by atoms with Gasteiger partial charge in [-0.25, -0.2) is 4.79 Å². The number of imide groups is 1. The standard InChI is InChI=1S/C18H22N4O3/c1-3-21(4-2)16(23)11-22-17(24)15(20-18(22)25)9-12-10-19-14-8-6-5-7-13(12)14/h5-8,10,15,19H,3-4,9,11H2,1-2H3,(H,20,25)/t15-/m1/s1. The summed E-state index contributed by atoms with van der Waals surface area (Å²) in [6.07, 6.45) is 2.25. The van der Waals surface area contributed by atoms with Crippen molar-refractivity contribution in [3.8, 4) is 0 Å². The van der Waals surface area contributed by atoms with E-state index in [4.69, 9.17) is 0 Å². The van der Waals surface area contributed by atoms with Gasteiger partial charge in [0, 0.05) is 36.6 Å². The zero-order valence-electron chi connectivity index (χ0n) is 14.4. The highest BCUT2D eigenvalue weighted by atomic mass is 16.2. The number of carbonyl (C=O) groups is 3. The van der Waals surface area contributed by atoms with E-state index in [-0.39, 0.29) is 18.4 Å². The molecule has 1 aliphatic heterocycles. The molecule has 7 heteroatoms. The molecule has 0 spiro atoms. The van der Waals surface area contributed by atoms with E-state index in [1.54, 1.807) is 4.90 Å². The Labute approximate surface area is 146 Å². The molecule has 1 atom stereocenters. The van der Waals surface area contributed by atoms with Crippen molar-refractivity contribution in [1.82, 2.24) is 20.1 Å². The van der Waals surface area contributed by atoms with Gasteiger partial charge in [-0.1, -0.05) is 18.2 Å². The summed E-state index contributed by atoms with van der Waals surface area (Å²) >= 11 is 0. The molecular weight excluding hydrogens is 320 g/mol. The normalized spacial score (nSPS) is 17.2. The van der Waals surface area contributed by atoms with Crippen LogP contribution in [-0.2, 0) is 16.0 Å². The van der Waals surface area contributed by atoms with Crippen LogP contribution in [0.2, 0.25) is 0 Å². The second-order valence-electron chi connectivity index (χ2n) is 6.06. The Bertz CT molecular complexity index is 810. The largest absolute Gasteiger partial charge is 0.361 e. The van der Waals surface area contributed by atoms with Crippen LogP contribution < -0.4 is 5.32 Å². The summed E-state index contributed by atoms with van der Waals surface area (Å²) < 4.78 is 0. The highest BCUT2D eigenvalue weighted by Crippen LogP contribution is 2.21. The van der Waals surface area contributed by atoms with E-state index in [0.29, 0.717) is 19.5 Å². The Balaban J connectivity index is 1.72. The third-order valence-corrected chi connectivity index (χ3v) is 4.62. The quantitative estimate of drug-likeness (QED) is 0.780. The molecule has 7 nitrogen and oxygen atoms in total. The summed E-state index contributed by atoms with van der Waals surface area (Å²) in [5, 5.41) is 3.72. The number of para-hydroxylation sites is 1. The van der Waals surface area contributed by atoms with Crippen LogP contribution in [0.1, 0.15) is 19.4 Å². The number of likely N-dealkylation sites (N-methyl/N-ethyl adjacent to an activating group) is 1. The minimum absolute atomic E-state index is 0.212. The lowest BCUT2D eigenvalue weighted by Gasteiger charge is -2.21. The fourth-order valence-electron chi connectivity index (χ4n) is 3.20. The minimum Gasteiger partial charge on any atom is -0.361 e. The summed E-state index contributed by atoms with van der Waals surface area (Å²) in [6.45, 7) is 4.63. The first kappa shape index (κ1) is 17.0. The second-order valence-corrected chi connectivity index (χ2v) is 6.06. The zero-order chi connectivity index (χ0) is 18.0. The lowest BCUT2D eigenvalue weighted by atomic mass is 10.1. The molecular formula is C18H22N4O3. The predicted octanol–water partition coefficient (Wildman–Crippen LogP) is 1.50. The highest BCUT2D eigenvalue weighted by Gasteiger charge is 2.39. The van der Waals surface area contributed by atoms with E-state index in [0.717, 1.165) is 21.4 Å². The molecule has 0 aliphatic carbocycles. The van der Waals surface area contributed by atoms with Gasteiger partial charge in [0.25, 0.3) is 5.91 Å². The number of hydrogen-bond donors (Lipinski definition) is 2. The van der Waals surface area contributed by atoms with E-state index < -0.39 is 12.1 Å². The van der Waals surface area contributed by atoms with Crippen molar-refractivity contribution in [2.75, 3.05) is 19.6 Å². The first-order valence-electron chi connectivity index (χ1n) is 8.49. The van der Waals surface area contributed by atoms with Crippen LogP contribution >= 0.6 is 0 Å². The van der Waals surface area contributed by atoms with Crippen molar-refractivity contribution in [3.05, 3.63) is 36.0 Å². The summed E-state index contributed by atoms with van der Waals surface area (Å²) in [4.78, 5) is 42.7. The molecule has 25 heavy (non-hydrogen) atoms. The van der Waals surface area contributed by atoms with Gasteiger partial charge in [-0.3, -0.25) is 14.5 Å². The molecule has 3 rings (SSSR count). The summed E-state index contributed by atoms with van der Waals surface area (Å²) in [7, 11) is 0. The molecule has 1 aromatic heterocycles. The molecule has 4 amide bonds. The van der Waals surface area contributed by atoms with Crippen LogP contribution in [0.25, 0.3) is 10.9 Å². The number of H-pyrrole nitrogens is 1. The van der Waals surface area contributed by atoms with Crippen molar-refractivity contribution >= 4 is 28.7 Å². The number of rotatable bonds is 6. The van der Waals surface area contributed by atoms with Gasteiger partial charge in [0.05, 0.1) is 0 Å². The van der Waals surface area contributed by atoms with E-state index in [9.17, 15) is 14.4 Å². The van der Waals surface area contributed by atoms with Crippen molar-refractivity contribution in [2.24, 2.45) is 0 Å². The van der Waals surface area contributed by atoms with Crippen molar-refractivity contribution < 1.29 is 14.4 Å². The van der Waals surface area contributed by atoms with Gasteiger partial charge in [0.2, 0.25) is 5.91 Å². The van der Waals surface area contributed by atoms with Crippen LogP contribution in [0.4, 0.5) is 4.79 Å². The third-order valence-electron chi connectivity index (χ3n) is 4.62. The summed E-state index contributed by atoms with van der Waals surface area (Å²) in [6, 6.07) is 6.66. The van der Waals surface area contributed by atoms with Crippen LogP contribution in [0.3, 0.4) is 0 Å². The number of nitrogens with zero attached hydrogens (tertiary/aromatic N) is 2. The number of fused-ring (bicyclic) bond motifs is 1. The van der Waals surface area contributed by atoms with Gasteiger partial charge in [-0.2, -0.15) is 0 Å². The average molecular weight is 342 g/mol. The molecule has 132 valence electrons. The molecule has 1 aliphatic rings. The Morgan fingerprint density at radius 1 is 1.20 bits per heavy atom. The van der Waals surface area contributed by atoms with Crippen LogP contribution in [0.5, 0.6) is 0 Å². The summed E-state index contributed by atoms with van der Waals surface area (Å²) in [5.74, 6) is -0.572. The minimum atomic E-state index is -0.642. The molecule has 2 aromatic rings. The third kappa shape index (κ3) is 3.22. The predicted molar refractivity (Wildman–Crippen MR) is 94.0 cm³/mol. The number of benzene rings is 1. The first-order valence-corrected chi connectivity index (χ1v) is 8.49. The highest BCUT2D eigenvalue weighted by molar-refractivity contribution is 6.06. The fourth-order valence-corrected chi connectivity index (χ4v) is 3.20. The Kier molecular flexibility index (Phi) is 4.74. The topological polar surface area (TPSA) is 85.5 Å². The molecule has 0 unspecified atom stereocenters. The number of carbonyl (C=O) groups excluding carboxylic acids is 3. The lowest BCUT2D eigenvalue weighted by Crippen LogP contribution is -2.43. The molecule has 1 saturated heterocycles. The second kappa shape index (κ2) is 6.96. The van der Waals surface area contributed by atoms with E-state index in [1.165, 1.54) is 0 Å². The zero-order valence-corrected chi connectivity index (χ0v) is 14.4. The summed E-state index contributed by atoms with van der Waals surface area (Å²) in [5.41, 5.74) is 1.95. The molecule has 1 fully saturated rings. The van der Waals surface area contributed by atoms with Gasteiger partial charge in [0.15, 0.2) is 0 Å². The number of nitrogens with one attached hydrogen (secondary N) is 2. The van der Waals surface area contributed by atoms with E-state index in [1.807, 2.05) is 44.3 Å². The number of aromatic nitrogens is 1. The number of amides is 4. The average Bonchev–Trinajstić information content (AvgIpc) is 3.13. The number of aromatic amines is 1. The maximum atomic E-state index is 12.6. The fraction of sp³-hybridized carbons (Fsp3) is 0.389. The molecule has 2 heterocycles.